The zero-order chi connectivity index (χ0) is 19.9. The van der Waals surface area contributed by atoms with E-state index in [1.165, 1.54) is 54.6 Å². The second-order valence-electron chi connectivity index (χ2n) is 7.83. The number of benzene rings is 6. The van der Waals surface area contributed by atoms with E-state index in [9.17, 15) is 0 Å². The third-order valence-corrected chi connectivity index (χ3v) is 6.04. The van der Waals surface area contributed by atoms with Crippen molar-refractivity contribution in [1.82, 2.24) is 0 Å². The van der Waals surface area contributed by atoms with Crippen LogP contribution < -0.4 is 0 Å². The molecule has 30 heavy (non-hydrogen) atoms. The maximum atomic E-state index is 2.30. The highest BCUT2D eigenvalue weighted by Gasteiger charge is 2.09. The molecule has 0 atom stereocenters. The molecule has 0 heterocycles. The van der Waals surface area contributed by atoms with Crippen molar-refractivity contribution < 1.29 is 0 Å². The van der Waals surface area contributed by atoms with E-state index < -0.39 is 0 Å². The van der Waals surface area contributed by atoms with Gasteiger partial charge in [0.15, 0.2) is 0 Å². The van der Waals surface area contributed by atoms with Crippen LogP contribution in [0.15, 0.2) is 121 Å². The summed E-state index contributed by atoms with van der Waals surface area (Å²) in [6.07, 6.45) is 0. The third-order valence-electron chi connectivity index (χ3n) is 6.04. The van der Waals surface area contributed by atoms with Gasteiger partial charge in [-0.15, -0.1) is 0 Å². The largest absolute Gasteiger partial charge is 0.0616 e. The first-order valence-corrected chi connectivity index (χ1v) is 10.4. The van der Waals surface area contributed by atoms with Gasteiger partial charge in [0.25, 0.3) is 0 Å². The molecule has 140 valence electrons. The standard InChI is InChI=1S/C30H20/c1-3-9-23-19-25(17-15-21(23)7-1)27-11-5-14-30-28(12-6-13-29(27)30)26-18-16-22-8-2-4-10-24(22)20-26/h1-20H. The van der Waals surface area contributed by atoms with Gasteiger partial charge in [-0.3, -0.25) is 0 Å². The Morgan fingerprint density at radius 2 is 0.733 bits per heavy atom. The van der Waals surface area contributed by atoms with Gasteiger partial charge in [-0.25, -0.2) is 0 Å². The highest BCUT2D eigenvalue weighted by molar-refractivity contribution is 6.06. The van der Waals surface area contributed by atoms with Gasteiger partial charge < -0.3 is 0 Å². The molecule has 0 fully saturated rings. The topological polar surface area (TPSA) is 0 Å². The molecule has 0 bridgehead atoms. The lowest BCUT2D eigenvalue weighted by Gasteiger charge is -2.12. The van der Waals surface area contributed by atoms with Crippen molar-refractivity contribution in [2.24, 2.45) is 0 Å². The van der Waals surface area contributed by atoms with Gasteiger partial charge in [0.1, 0.15) is 0 Å². The summed E-state index contributed by atoms with van der Waals surface area (Å²) in [4.78, 5) is 0. The highest BCUT2D eigenvalue weighted by atomic mass is 14.1. The lowest BCUT2D eigenvalue weighted by Crippen LogP contribution is -1.86. The maximum absolute atomic E-state index is 2.30. The Balaban J connectivity index is 1.57. The molecule has 0 unspecified atom stereocenters. The molecular weight excluding hydrogens is 360 g/mol. The summed E-state index contributed by atoms with van der Waals surface area (Å²) in [5.74, 6) is 0. The Bertz CT molecular complexity index is 1420. The zero-order valence-electron chi connectivity index (χ0n) is 16.5. The monoisotopic (exact) mass is 380 g/mol. The molecule has 0 radical (unpaired) electrons. The van der Waals surface area contributed by atoms with E-state index >= 15 is 0 Å². The van der Waals surface area contributed by atoms with Gasteiger partial charge in [0.05, 0.1) is 0 Å². The van der Waals surface area contributed by atoms with Crippen molar-refractivity contribution in [2.45, 2.75) is 0 Å². The van der Waals surface area contributed by atoms with Crippen molar-refractivity contribution >= 4 is 32.3 Å². The van der Waals surface area contributed by atoms with Crippen LogP contribution in [0.2, 0.25) is 0 Å². The smallest absolute Gasteiger partial charge is 0.00992 e. The molecule has 0 saturated carbocycles. The maximum Gasteiger partial charge on any atom is -0.00992 e. The molecular formula is C30H20. The first-order valence-electron chi connectivity index (χ1n) is 10.4. The van der Waals surface area contributed by atoms with E-state index in [-0.39, 0.29) is 0 Å². The van der Waals surface area contributed by atoms with E-state index in [1.54, 1.807) is 0 Å². The second-order valence-corrected chi connectivity index (χ2v) is 7.83. The quantitative estimate of drug-likeness (QED) is 0.282. The molecule has 0 heteroatoms. The molecule has 0 aliphatic carbocycles. The Morgan fingerprint density at radius 3 is 1.20 bits per heavy atom. The minimum absolute atomic E-state index is 1.26. The van der Waals surface area contributed by atoms with E-state index in [1.807, 2.05) is 0 Å². The predicted octanol–water partition coefficient (Wildman–Crippen LogP) is 8.48. The average molecular weight is 380 g/mol. The van der Waals surface area contributed by atoms with Crippen LogP contribution >= 0.6 is 0 Å². The first-order chi connectivity index (χ1) is 14.9. The van der Waals surface area contributed by atoms with Crippen LogP contribution in [0.3, 0.4) is 0 Å². The summed E-state index contributed by atoms with van der Waals surface area (Å²) < 4.78 is 0. The van der Waals surface area contributed by atoms with E-state index in [0.29, 0.717) is 0 Å². The van der Waals surface area contributed by atoms with Gasteiger partial charge in [-0.2, -0.15) is 0 Å². The van der Waals surface area contributed by atoms with Gasteiger partial charge in [-0.1, -0.05) is 109 Å². The number of fused-ring (bicyclic) bond motifs is 3. The van der Waals surface area contributed by atoms with E-state index in [4.69, 9.17) is 0 Å². The zero-order valence-corrected chi connectivity index (χ0v) is 16.5. The van der Waals surface area contributed by atoms with Crippen molar-refractivity contribution in [3.63, 3.8) is 0 Å². The lowest BCUT2D eigenvalue weighted by atomic mass is 9.91. The third kappa shape index (κ3) is 2.77. The lowest BCUT2D eigenvalue weighted by molar-refractivity contribution is 1.66. The molecule has 0 aromatic heterocycles. The molecule has 0 amide bonds. The number of hydrogen-bond donors (Lipinski definition) is 0. The van der Waals surface area contributed by atoms with Crippen molar-refractivity contribution in [3.8, 4) is 22.3 Å². The molecule has 6 rings (SSSR count). The van der Waals surface area contributed by atoms with E-state index in [0.717, 1.165) is 0 Å². The van der Waals surface area contributed by atoms with Crippen LogP contribution in [0.5, 0.6) is 0 Å². The molecule has 0 aliphatic rings. The Hall–Kier alpha value is -3.90. The molecule has 6 aromatic rings. The number of rotatable bonds is 2. The minimum atomic E-state index is 1.26. The van der Waals surface area contributed by atoms with E-state index in [2.05, 4.69) is 121 Å². The molecule has 0 saturated heterocycles. The van der Waals surface area contributed by atoms with Gasteiger partial charge in [0, 0.05) is 0 Å². The first kappa shape index (κ1) is 17.0. The molecule has 0 N–H and O–H groups in total. The molecule has 0 aliphatic heterocycles. The summed E-state index contributed by atoms with van der Waals surface area (Å²) >= 11 is 0. The molecule has 0 spiro atoms. The normalized spacial score (nSPS) is 11.3. The molecule has 6 aromatic carbocycles. The fourth-order valence-electron chi connectivity index (χ4n) is 4.53. The summed E-state index contributed by atoms with van der Waals surface area (Å²) in [6.45, 7) is 0. The highest BCUT2D eigenvalue weighted by Crippen LogP contribution is 2.36. The van der Waals surface area contributed by atoms with Crippen molar-refractivity contribution in [1.29, 1.82) is 0 Å². The SMILES string of the molecule is c1ccc2cc(-c3cccc4c(-c5ccc6ccccc6c5)cccc34)ccc2c1. The Labute approximate surface area is 176 Å². The van der Waals surface area contributed by atoms with Crippen LogP contribution in [-0.2, 0) is 0 Å². The van der Waals surface area contributed by atoms with Gasteiger partial charge >= 0.3 is 0 Å². The Kier molecular flexibility index (Phi) is 3.89. The predicted molar refractivity (Wildman–Crippen MR) is 130 cm³/mol. The van der Waals surface area contributed by atoms with Gasteiger partial charge in [-0.05, 0) is 66.7 Å². The fourth-order valence-corrected chi connectivity index (χ4v) is 4.53. The summed E-state index contributed by atoms with van der Waals surface area (Å²) in [5, 5.41) is 7.68. The second kappa shape index (κ2) is 6.86. The van der Waals surface area contributed by atoms with Crippen LogP contribution in [0, 0.1) is 0 Å². The summed E-state index contributed by atoms with van der Waals surface area (Å²) in [6, 6.07) is 43.9. The van der Waals surface area contributed by atoms with Gasteiger partial charge in [0.2, 0.25) is 0 Å². The number of hydrogen-bond acceptors (Lipinski definition) is 0. The van der Waals surface area contributed by atoms with Crippen LogP contribution in [-0.4, -0.2) is 0 Å². The average Bonchev–Trinajstić information content (AvgIpc) is 2.82. The van der Waals surface area contributed by atoms with Crippen LogP contribution in [0.25, 0.3) is 54.6 Å². The minimum Gasteiger partial charge on any atom is -0.0616 e. The summed E-state index contributed by atoms with van der Waals surface area (Å²) in [5.41, 5.74) is 5.08. The van der Waals surface area contributed by atoms with Crippen molar-refractivity contribution in [3.05, 3.63) is 121 Å². The Morgan fingerprint density at radius 1 is 0.300 bits per heavy atom. The van der Waals surface area contributed by atoms with Crippen LogP contribution in [0.1, 0.15) is 0 Å². The summed E-state index contributed by atoms with van der Waals surface area (Å²) in [7, 11) is 0. The van der Waals surface area contributed by atoms with Crippen molar-refractivity contribution in [2.75, 3.05) is 0 Å². The molecule has 0 nitrogen and oxygen atoms in total. The fraction of sp³-hybridized carbons (Fsp3) is 0. The van der Waals surface area contributed by atoms with Crippen LogP contribution in [0.4, 0.5) is 0 Å².